The summed E-state index contributed by atoms with van der Waals surface area (Å²) in [5.74, 6) is 0. The number of halogens is 2. The van der Waals surface area contributed by atoms with Gasteiger partial charge in [-0.05, 0) is 27.8 Å². The van der Waals surface area contributed by atoms with Crippen molar-refractivity contribution in [1.29, 1.82) is 0 Å². The van der Waals surface area contributed by atoms with Crippen LogP contribution >= 0.6 is 45.2 Å². The Bertz CT molecular complexity index is 100. The molecule has 0 aliphatic carbocycles. The molecule has 72 valence electrons. The smallest absolute Gasteiger partial charge is 0.000473 e. The average Bonchev–Trinajstić information content (AvgIpc) is 2.10. The van der Waals surface area contributed by atoms with E-state index in [4.69, 9.17) is 0 Å². The summed E-state index contributed by atoms with van der Waals surface area (Å²) in [6, 6.07) is 0. The lowest BCUT2D eigenvalue weighted by Crippen LogP contribution is -1.79. The van der Waals surface area contributed by atoms with Crippen LogP contribution in [0, 0.1) is 0 Å². The highest BCUT2D eigenvalue weighted by Crippen LogP contribution is 2.08. The Morgan fingerprint density at radius 2 is 1.42 bits per heavy atom. The molecular formula is C10H18I2. The van der Waals surface area contributed by atoms with Gasteiger partial charge in [-0.2, -0.15) is 0 Å². The highest BCUT2D eigenvalue weighted by Gasteiger charge is 1.88. The van der Waals surface area contributed by atoms with Crippen LogP contribution < -0.4 is 0 Å². The SMILES string of the molecule is IC=CCCCCCCCCI. The molecule has 0 aromatic rings. The van der Waals surface area contributed by atoms with Crippen LogP contribution in [0.1, 0.15) is 44.9 Å². The summed E-state index contributed by atoms with van der Waals surface area (Å²) < 4.78 is 3.45. The lowest BCUT2D eigenvalue weighted by molar-refractivity contribution is 0.615. The standard InChI is InChI=1S/C10H18I2/c11-9-7-5-3-1-2-4-6-8-10-12/h7,9H,1-6,8,10H2. The molecule has 0 aromatic carbocycles. The Kier molecular flexibility index (Phi) is 13.4. The van der Waals surface area contributed by atoms with Crippen molar-refractivity contribution in [3.8, 4) is 0 Å². The number of alkyl halides is 1. The molecule has 0 rings (SSSR count). The van der Waals surface area contributed by atoms with Gasteiger partial charge in [-0.15, -0.1) is 0 Å². The van der Waals surface area contributed by atoms with Gasteiger partial charge in [-0.25, -0.2) is 0 Å². The van der Waals surface area contributed by atoms with Crippen molar-refractivity contribution in [1.82, 2.24) is 0 Å². The molecule has 0 saturated carbocycles. The molecule has 0 amide bonds. The summed E-state index contributed by atoms with van der Waals surface area (Å²) in [4.78, 5) is 0. The summed E-state index contributed by atoms with van der Waals surface area (Å²) in [7, 11) is 0. The summed E-state index contributed by atoms with van der Waals surface area (Å²) in [5, 5.41) is 0. The Morgan fingerprint density at radius 3 is 2.00 bits per heavy atom. The van der Waals surface area contributed by atoms with Crippen molar-refractivity contribution < 1.29 is 0 Å². The minimum Gasteiger partial charge on any atom is -0.0864 e. The fourth-order valence-electron chi connectivity index (χ4n) is 1.13. The topological polar surface area (TPSA) is 0 Å². The van der Waals surface area contributed by atoms with Crippen LogP contribution in [0.3, 0.4) is 0 Å². The van der Waals surface area contributed by atoms with Crippen LogP contribution in [-0.2, 0) is 0 Å². The summed E-state index contributed by atoms with van der Waals surface area (Å²) in [6.45, 7) is 0. The van der Waals surface area contributed by atoms with Gasteiger partial charge in [0.25, 0.3) is 0 Å². The van der Waals surface area contributed by atoms with E-state index in [0.29, 0.717) is 0 Å². The molecule has 0 heterocycles. The van der Waals surface area contributed by atoms with E-state index in [-0.39, 0.29) is 0 Å². The first-order valence-corrected chi connectivity index (χ1v) is 7.50. The average molecular weight is 392 g/mol. The predicted octanol–water partition coefficient (Wildman–Crippen LogP) is 5.10. The van der Waals surface area contributed by atoms with Gasteiger partial charge in [0.2, 0.25) is 0 Å². The van der Waals surface area contributed by atoms with Gasteiger partial charge >= 0.3 is 0 Å². The third-order valence-corrected chi connectivity index (χ3v) is 3.11. The number of allylic oxidation sites excluding steroid dienone is 1. The van der Waals surface area contributed by atoms with E-state index in [1.165, 1.54) is 49.4 Å². The summed E-state index contributed by atoms with van der Waals surface area (Å²) in [5.41, 5.74) is 0. The second kappa shape index (κ2) is 12.2. The second-order valence-corrected chi connectivity index (χ2v) is 4.76. The van der Waals surface area contributed by atoms with Crippen molar-refractivity contribution in [2.24, 2.45) is 0 Å². The molecule has 12 heavy (non-hydrogen) atoms. The quantitative estimate of drug-likeness (QED) is 0.306. The Morgan fingerprint density at radius 1 is 0.833 bits per heavy atom. The zero-order valence-corrected chi connectivity index (χ0v) is 11.9. The molecule has 0 bridgehead atoms. The minimum absolute atomic E-state index is 1.27. The van der Waals surface area contributed by atoms with Crippen LogP contribution in [0.4, 0.5) is 0 Å². The zero-order chi connectivity index (χ0) is 9.07. The first-order chi connectivity index (χ1) is 5.91. The molecule has 0 radical (unpaired) electrons. The highest BCUT2D eigenvalue weighted by atomic mass is 127. The van der Waals surface area contributed by atoms with Crippen LogP contribution in [0.25, 0.3) is 0 Å². The predicted molar refractivity (Wildman–Crippen MR) is 74.4 cm³/mol. The summed E-state index contributed by atoms with van der Waals surface area (Å²) >= 11 is 4.74. The van der Waals surface area contributed by atoms with Gasteiger partial charge in [-0.3, -0.25) is 0 Å². The molecule has 0 unspecified atom stereocenters. The van der Waals surface area contributed by atoms with Gasteiger partial charge in [-0.1, -0.05) is 76.9 Å². The molecule has 0 aliphatic heterocycles. The lowest BCUT2D eigenvalue weighted by atomic mass is 10.1. The third-order valence-electron chi connectivity index (χ3n) is 1.84. The number of rotatable bonds is 8. The molecular weight excluding hydrogens is 374 g/mol. The molecule has 0 nitrogen and oxygen atoms in total. The molecule has 0 aromatic heterocycles. The minimum atomic E-state index is 1.27. The Hall–Kier alpha value is 1.20. The molecule has 0 N–H and O–H groups in total. The second-order valence-electron chi connectivity index (χ2n) is 2.96. The van der Waals surface area contributed by atoms with E-state index in [9.17, 15) is 0 Å². The van der Waals surface area contributed by atoms with Gasteiger partial charge in [0, 0.05) is 0 Å². The van der Waals surface area contributed by atoms with Crippen molar-refractivity contribution in [3.05, 3.63) is 10.2 Å². The highest BCUT2D eigenvalue weighted by molar-refractivity contribution is 14.1. The maximum atomic E-state index is 2.46. The van der Waals surface area contributed by atoms with Crippen LogP contribution in [0.15, 0.2) is 10.2 Å². The van der Waals surface area contributed by atoms with E-state index < -0.39 is 0 Å². The van der Waals surface area contributed by atoms with Gasteiger partial charge in [0.05, 0.1) is 0 Å². The third kappa shape index (κ3) is 11.2. The lowest BCUT2D eigenvalue weighted by Gasteiger charge is -1.97. The summed E-state index contributed by atoms with van der Waals surface area (Å²) in [6.07, 6.45) is 12.1. The van der Waals surface area contributed by atoms with Crippen molar-refractivity contribution >= 4 is 45.2 Å². The van der Waals surface area contributed by atoms with E-state index in [1.807, 2.05) is 0 Å². The largest absolute Gasteiger partial charge is 0.0864 e. The van der Waals surface area contributed by atoms with Gasteiger partial charge in [0.1, 0.15) is 0 Å². The molecule has 0 aliphatic rings. The first kappa shape index (κ1) is 13.2. The van der Waals surface area contributed by atoms with Crippen LogP contribution in [0.5, 0.6) is 0 Å². The van der Waals surface area contributed by atoms with Crippen LogP contribution in [0.2, 0.25) is 0 Å². The van der Waals surface area contributed by atoms with Gasteiger partial charge < -0.3 is 0 Å². The first-order valence-electron chi connectivity index (χ1n) is 4.73. The Balaban J connectivity index is 2.81. The van der Waals surface area contributed by atoms with E-state index >= 15 is 0 Å². The number of unbranched alkanes of at least 4 members (excludes halogenated alkanes) is 6. The van der Waals surface area contributed by atoms with Crippen molar-refractivity contribution in [3.63, 3.8) is 0 Å². The molecule has 0 spiro atoms. The maximum Gasteiger partial charge on any atom is -0.000473 e. The normalized spacial score (nSPS) is 11.2. The molecule has 0 fully saturated rings. The maximum absolute atomic E-state index is 2.46. The molecule has 0 atom stereocenters. The van der Waals surface area contributed by atoms with E-state index in [1.54, 1.807) is 0 Å². The molecule has 0 saturated heterocycles. The monoisotopic (exact) mass is 392 g/mol. The van der Waals surface area contributed by atoms with E-state index in [0.717, 1.165) is 0 Å². The molecule has 2 heteroatoms. The number of hydrogen-bond acceptors (Lipinski definition) is 0. The van der Waals surface area contributed by atoms with Crippen molar-refractivity contribution in [2.45, 2.75) is 44.9 Å². The van der Waals surface area contributed by atoms with Crippen molar-refractivity contribution in [2.75, 3.05) is 4.43 Å². The zero-order valence-electron chi connectivity index (χ0n) is 7.57. The fourth-order valence-corrected chi connectivity index (χ4v) is 2.03. The Labute approximate surface area is 104 Å². The van der Waals surface area contributed by atoms with E-state index in [2.05, 4.69) is 55.3 Å². The van der Waals surface area contributed by atoms with Gasteiger partial charge in [0.15, 0.2) is 0 Å². The number of hydrogen-bond donors (Lipinski definition) is 0. The van der Waals surface area contributed by atoms with Crippen LogP contribution in [-0.4, -0.2) is 4.43 Å². The fraction of sp³-hybridized carbons (Fsp3) is 0.800.